The van der Waals surface area contributed by atoms with E-state index in [9.17, 15) is 5.11 Å². The second kappa shape index (κ2) is 3.85. The van der Waals surface area contributed by atoms with E-state index in [1.165, 1.54) is 0 Å². The van der Waals surface area contributed by atoms with Crippen LogP contribution in [-0.4, -0.2) is 26.2 Å². The molecule has 1 aromatic heterocycles. The number of rotatable bonds is 3. The Morgan fingerprint density at radius 2 is 2.08 bits per heavy atom. The molecule has 0 amide bonds. The molecule has 1 heterocycles. The lowest BCUT2D eigenvalue weighted by Crippen LogP contribution is -2.18. The first-order valence-electron chi connectivity index (χ1n) is 4.37. The molecule has 0 aliphatic rings. The second-order valence-corrected chi connectivity index (χ2v) is 3.39. The Morgan fingerprint density at radius 3 is 2.46 bits per heavy atom. The van der Waals surface area contributed by atoms with Gasteiger partial charge in [0.2, 0.25) is 0 Å². The van der Waals surface area contributed by atoms with Gasteiger partial charge in [0.1, 0.15) is 0 Å². The Labute approximate surface area is 77.6 Å². The molecule has 3 unspecified atom stereocenters. The van der Waals surface area contributed by atoms with Gasteiger partial charge in [-0.15, -0.1) is 5.10 Å². The summed E-state index contributed by atoms with van der Waals surface area (Å²) in [6.07, 6.45) is 1.32. The molecular formula is C8H16N4O. The minimum absolute atomic E-state index is 0.0694. The third-order valence-corrected chi connectivity index (χ3v) is 2.11. The topological polar surface area (TPSA) is 77.0 Å². The molecule has 0 aliphatic carbocycles. The minimum Gasteiger partial charge on any atom is -0.391 e. The molecule has 0 aromatic carbocycles. The molecule has 74 valence electrons. The van der Waals surface area contributed by atoms with Crippen molar-refractivity contribution >= 4 is 0 Å². The molecular weight excluding hydrogens is 168 g/mol. The van der Waals surface area contributed by atoms with Gasteiger partial charge >= 0.3 is 0 Å². The highest BCUT2D eigenvalue weighted by atomic mass is 16.3. The van der Waals surface area contributed by atoms with Gasteiger partial charge in [-0.3, -0.25) is 0 Å². The summed E-state index contributed by atoms with van der Waals surface area (Å²) in [7, 11) is 0. The van der Waals surface area contributed by atoms with Crippen molar-refractivity contribution in [1.82, 2.24) is 15.0 Å². The number of aliphatic hydroxyl groups excluding tert-OH is 1. The molecule has 0 saturated carbocycles. The summed E-state index contributed by atoms with van der Waals surface area (Å²) in [5.41, 5.74) is 6.37. The quantitative estimate of drug-likeness (QED) is 0.705. The van der Waals surface area contributed by atoms with Gasteiger partial charge in [0.15, 0.2) is 0 Å². The van der Waals surface area contributed by atoms with Crippen LogP contribution in [-0.2, 0) is 0 Å². The van der Waals surface area contributed by atoms with Crippen molar-refractivity contribution in [1.29, 1.82) is 0 Å². The van der Waals surface area contributed by atoms with Gasteiger partial charge in [-0.25, -0.2) is 4.68 Å². The molecule has 5 nitrogen and oxygen atoms in total. The zero-order valence-electron chi connectivity index (χ0n) is 8.18. The first-order valence-corrected chi connectivity index (χ1v) is 4.37. The molecule has 3 N–H and O–H groups in total. The predicted molar refractivity (Wildman–Crippen MR) is 49.0 cm³/mol. The van der Waals surface area contributed by atoms with E-state index in [1.807, 2.05) is 13.8 Å². The lowest BCUT2D eigenvalue weighted by atomic mass is 10.2. The normalized spacial score (nSPS) is 18.2. The summed E-state index contributed by atoms with van der Waals surface area (Å²) in [6.45, 7) is 5.45. The van der Waals surface area contributed by atoms with E-state index in [4.69, 9.17) is 5.73 Å². The van der Waals surface area contributed by atoms with E-state index in [-0.39, 0.29) is 12.1 Å². The van der Waals surface area contributed by atoms with Crippen molar-refractivity contribution < 1.29 is 5.11 Å². The van der Waals surface area contributed by atoms with E-state index in [0.717, 1.165) is 5.69 Å². The molecule has 13 heavy (non-hydrogen) atoms. The number of aliphatic hydroxyl groups is 1. The summed E-state index contributed by atoms with van der Waals surface area (Å²) in [5.74, 6) is 0. The average Bonchev–Trinajstić information content (AvgIpc) is 2.50. The Hall–Kier alpha value is -0.940. The first kappa shape index (κ1) is 10.1. The van der Waals surface area contributed by atoms with Crippen LogP contribution in [0.1, 0.15) is 38.5 Å². The maximum atomic E-state index is 9.30. The maximum absolute atomic E-state index is 9.30. The molecule has 5 heteroatoms. The lowest BCUT2D eigenvalue weighted by molar-refractivity contribution is 0.131. The summed E-state index contributed by atoms with van der Waals surface area (Å²) in [4.78, 5) is 0. The number of hydrogen-bond donors (Lipinski definition) is 2. The molecule has 3 atom stereocenters. The fourth-order valence-corrected chi connectivity index (χ4v) is 0.919. The van der Waals surface area contributed by atoms with E-state index >= 15 is 0 Å². The fraction of sp³-hybridized carbons (Fsp3) is 0.750. The number of aromatic nitrogens is 3. The van der Waals surface area contributed by atoms with E-state index < -0.39 is 6.10 Å². The van der Waals surface area contributed by atoms with Gasteiger partial charge in [-0.1, -0.05) is 5.21 Å². The van der Waals surface area contributed by atoms with E-state index in [1.54, 1.807) is 17.8 Å². The van der Waals surface area contributed by atoms with Gasteiger partial charge in [0.25, 0.3) is 0 Å². The van der Waals surface area contributed by atoms with Gasteiger partial charge in [-0.05, 0) is 20.8 Å². The largest absolute Gasteiger partial charge is 0.391 e. The number of nitrogens with zero attached hydrogens (tertiary/aromatic N) is 3. The lowest BCUT2D eigenvalue weighted by Gasteiger charge is -2.13. The summed E-state index contributed by atoms with van der Waals surface area (Å²) in [6, 6.07) is -0.185. The zero-order chi connectivity index (χ0) is 10.0. The molecule has 0 spiro atoms. The summed E-state index contributed by atoms with van der Waals surface area (Å²) < 4.78 is 1.63. The zero-order valence-corrected chi connectivity index (χ0v) is 8.18. The molecule has 1 rings (SSSR count). The van der Waals surface area contributed by atoms with Gasteiger partial charge in [0.05, 0.1) is 24.0 Å². The predicted octanol–water partition coefficient (Wildman–Crippen LogP) is 0.240. The molecule has 0 radical (unpaired) electrons. The Balaban J connectivity index is 2.79. The monoisotopic (exact) mass is 184 g/mol. The van der Waals surface area contributed by atoms with Crippen LogP contribution in [0.4, 0.5) is 0 Å². The average molecular weight is 184 g/mol. The van der Waals surface area contributed by atoms with Crippen molar-refractivity contribution in [2.75, 3.05) is 0 Å². The highest BCUT2D eigenvalue weighted by Gasteiger charge is 2.13. The van der Waals surface area contributed by atoms with Crippen LogP contribution in [0, 0.1) is 0 Å². The molecule has 0 fully saturated rings. The maximum Gasteiger partial charge on any atom is 0.0991 e. The first-order chi connectivity index (χ1) is 6.02. The van der Waals surface area contributed by atoms with E-state index in [2.05, 4.69) is 10.3 Å². The number of nitrogens with two attached hydrogens (primary N) is 1. The van der Waals surface area contributed by atoms with Crippen LogP contribution in [0.2, 0.25) is 0 Å². The molecule has 1 aromatic rings. The highest BCUT2D eigenvalue weighted by Crippen LogP contribution is 2.11. The fourth-order valence-electron chi connectivity index (χ4n) is 0.919. The molecule has 0 saturated heterocycles. The third-order valence-electron chi connectivity index (χ3n) is 2.11. The Bertz CT molecular complexity index is 269. The van der Waals surface area contributed by atoms with Crippen molar-refractivity contribution in [2.45, 2.75) is 39.0 Å². The third kappa shape index (κ3) is 2.26. The van der Waals surface area contributed by atoms with Crippen LogP contribution < -0.4 is 5.73 Å². The van der Waals surface area contributed by atoms with Crippen molar-refractivity contribution in [3.05, 3.63) is 11.9 Å². The Kier molecular flexibility index (Phi) is 3.00. The van der Waals surface area contributed by atoms with Crippen LogP contribution in [0.5, 0.6) is 0 Å². The molecule has 0 aliphatic heterocycles. The van der Waals surface area contributed by atoms with Crippen molar-refractivity contribution in [2.24, 2.45) is 5.73 Å². The van der Waals surface area contributed by atoms with Crippen LogP contribution >= 0.6 is 0 Å². The van der Waals surface area contributed by atoms with Crippen LogP contribution in [0.25, 0.3) is 0 Å². The van der Waals surface area contributed by atoms with Crippen LogP contribution in [0.3, 0.4) is 0 Å². The number of hydrogen-bond acceptors (Lipinski definition) is 4. The minimum atomic E-state index is -0.442. The van der Waals surface area contributed by atoms with E-state index in [0.29, 0.717) is 0 Å². The van der Waals surface area contributed by atoms with Crippen molar-refractivity contribution in [3.63, 3.8) is 0 Å². The van der Waals surface area contributed by atoms with Gasteiger partial charge in [-0.2, -0.15) is 0 Å². The molecule has 0 bridgehead atoms. The summed E-state index contributed by atoms with van der Waals surface area (Å²) in [5, 5.41) is 17.1. The Morgan fingerprint density at radius 1 is 1.46 bits per heavy atom. The second-order valence-electron chi connectivity index (χ2n) is 3.39. The standard InChI is InChI=1S/C8H16N4O/c1-5(9)8-4-12(11-10-8)6(2)7(3)13/h4-7,13H,9H2,1-3H3. The van der Waals surface area contributed by atoms with Crippen molar-refractivity contribution in [3.8, 4) is 0 Å². The highest BCUT2D eigenvalue weighted by molar-refractivity contribution is 4.98. The van der Waals surface area contributed by atoms with Gasteiger partial charge < -0.3 is 10.8 Å². The SMILES string of the molecule is CC(N)c1cn(C(C)C(C)O)nn1. The van der Waals surface area contributed by atoms with Crippen LogP contribution in [0.15, 0.2) is 6.20 Å². The van der Waals surface area contributed by atoms with Gasteiger partial charge in [0, 0.05) is 6.04 Å². The summed E-state index contributed by atoms with van der Waals surface area (Å²) >= 11 is 0. The smallest absolute Gasteiger partial charge is 0.0991 e.